The van der Waals surface area contributed by atoms with Crippen molar-refractivity contribution in [1.29, 1.82) is 0 Å². The zero-order valence-corrected chi connectivity index (χ0v) is 33.3. The van der Waals surface area contributed by atoms with E-state index in [1.165, 1.54) is 24.3 Å². The van der Waals surface area contributed by atoms with Gasteiger partial charge in [0, 0.05) is 41.4 Å². The Morgan fingerprint density at radius 3 is 1.63 bits per heavy atom. The normalized spacial score (nSPS) is 19.7. The number of halogens is 2. The quantitative estimate of drug-likeness (QED) is 0.144. The van der Waals surface area contributed by atoms with Gasteiger partial charge in [0.05, 0.1) is 22.4 Å². The molecule has 3 saturated heterocycles. The van der Waals surface area contributed by atoms with Crippen LogP contribution in [0.3, 0.4) is 0 Å². The van der Waals surface area contributed by atoms with Gasteiger partial charge in [-0.05, 0) is 98.9 Å². The molecule has 1 atom stereocenters. The Bertz CT molecular complexity index is 1900. The number of nitrogens with zero attached hydrogens (tertiary/aromatic N) is 1. The number of amides is 5. The van der Waals surface area contributed by atoms with E-state index < -0.39 is 96.4 Å². The highest BCUT2D eigenvalue weighted by atomic mass is 19.1. The summed E-state index contributed by atoms with van der Waals surface area (Å²) in [5.41, 5.74) is -2.61. The summed E-state index contributed by atoms with van der Waals surface area (Å²) in [6.45, 7) is 14.1. The minimum Gasteiger partial charge on any atom is -0.399 e. The molecule has 5 rings (SSSR count). The molecule has 3 aliphatic rings. The van der Waals surface area contributed by atoms with Crippen molar-refractivity contribution in [2.24, 2.45) is 0 Å². The van der Waals surface area contributed by atoms with Gasteiger partial charge in [0.25, 0.3) is 23.6 Å². The van der Waals surface area contributed by atoms with Crippen molar-refractivity contribution < 1.29 is 61.0 Å². The van der Waals surface area contributed by atoms with Crippen molar-refractivity contribution >= 4 is 60.7 Å². The summed E-state index contributed by atoms with van der Waals surface area (Å²) in [5.74, 6) is -6.09. The molecule has 0 unspecified atom stereocenters. The number of carbonyl (C=O) groups is 6. The molecule has 3 heterocycles. The lowest BCUT2D eigenvalue weighted by Crippen LogP contribution is -2.48. The second-order valence-electron chi connectivity index (χ2n) is 16.2. The van der Waals surface area contributed by atoms with Crippen LogP contribution in [0.4, 0.5) is 8.78 Å². The Balaban J connectivity index is 1.18. The lowest BCUT2D eigenvalue weighted by atomic mass is 9.78. The number of hydrogen-bond acceptors (Lipinski definition) is 11. The molecule has 3 aliphatic heterocycles. The van der Waals surface area contributed by atoms with Crippen LogP contribution in [-0.4, -0.2) is 96.3 Å². The maximum Gasteiger partial charge on any atom is 0.497 e. The van der Waals surface area contributed by atoms with Crippen LogP contribution in [0, 0.1) is 11.6 Å². The molecule has 3 N–H and O–H groups in total. The van der Waals surface area contributed by atoms with E-state index >= 15 is 8.78 Å². The minimum absolute atomic E-state index is 0.0114. The fourth-order valence-corrected chi connectivity index (χ4v) is 6.02. The fourth-order valence-electron chi connectivity index (χ4n) is 6.02. The van der Waals surface area contributed by atoms with Crippen molar-refractivity contribution in [3.05, 3.63) is 59.2 Å². The second kappa shape index (κ2) is 16.6. The molecule has 0 radical (unpaired) electrons. The van der Waals surface area contributed by atoms with Gasteiger partial charge in [-0.3, -0.25) is 24.0 Å². The molecule has 0 aromatic heterocycles. The first-order chi connectivity index (χ1) is 26.5. The average molecular weight is 796 g/mol. The molecule has 0 spiro atoms. The van der Waals surface area contributed by atoms with E-state index in [1.807, 2.05) is 55.4 Å². The highest BCUT2D eigenvalue weighted by Crippen LogP contribution is 2.37. The molecule has 5 amide bonds. The Morgan fingerprint density at radius 1 is 0.719 bits per heavy atom. The number of nitrogens with one attached hydrogen (secondary N) is 3. The Labute approximate surface area is 330 Å². The zero-order valence-electron chi connectivity index (χ0n) is 33.3. The summed E-state index contributed by atoms with van der Waals surface area (Å²) >= 11 is 0. The fraction of sp³-hybridized carbons (Fsp3) is 0.526. The summed E-state index contributed by atoms with van der Waals surface area (Å²) in [7, 11) is -1.96. The first-order valence-electron chi connectivity index (χ1n) is 18.8. The first kappa shape index (κ1) is 43.4. The molecule has 0 bridgehead atoms. The van der Waals surface area contributed by atoms with Crippen LogP contribution in [0.5, 0.6) is 0 Å². The Hall–Kier alpha value is -4.71. The number of unbranched alkanes of at least 4 members (excludes halogenated alkanes) is 1. The minimum atomic E-state index is -1.25. The maximum atomic E-state index is 15.3. The summed E-state index contributed by atoms with van der Waals surface area (Å²) < 4.78 is 54.1. The van der Waals surface area contributed by atoms with Crippen LogP contribution in [0.1, 0.15) is 108 Å². The lowest BCUT2D eigenvalue weighted by Gasteiger charge is -2.32. The maximum absolute atomic E-state index is 15.3. The SMILES string of the molecule is CC1(C)OB(c2ccc(C(=O)NCCCC[C@H](NC(=O)c3ccc(B4OC(C)(C)C(C)(C)O4)c(F)c3)C(=O)NCC(=O)ON3C(=O)CCC3=O)cc2F)OC1(C)C. The van der Waals surface area contributed by atoms with Gasteiger partial charge in [-0.1, -0.05) is 12.1 Å². The molecule has 2 aromatic carbocycles. The summed E-state index contributed by atoms with van der Waals surface area (Å²) in [6.07, 6.45) is 0.369. The Kier molecular flexibility index (Phi) is 12.7. The number of hydrogen-bond donors (Lipinski definition) is 3. The van der Waals surface area contributed by atoms with Crippen LogP contribution in [0.25, 0.3) is 0 Å². The second-order valence-corrected chi connectivity index (χ2v) is 16.2. The molecule has 57 heavy (non-hydrogen) atoms. The summed E-state index contributed by atoms with van der Waals surface area (Å²) in [6, 6.07) is 6.45. The van der Waals surface area contributed by atoms with Crippen LogP contribution in [0.2, 0.25) is 0 Å². The number of benzene rings is 2. The predicted octanol–water partition coefficient (Wildman–Crippen LogP) is 1.99. The number of rotatable bonds is 14. The molecule has 306 valence electrons. The molecule has 0 saturated carbocycles. The lowest BCUT2D eigenvalue weighted by molar-refractivity contribution is -0.196. The standard InChI is InChI=1S/C38H48B2F2N4O11/c1-35(2)36(3,4)55-39(54-35)24-14-12-22(19-26(24)41)32(50)43-18-10-9-11-28(34(52)44-21-31(49)53-46-29(47)16-17-30(46)48)45-33(51)23-13-15-25(27(42)20-23)40-56-37(5,6)38(7,8)57-40/h12-15,19-20,28H,9-11,16-18,21H2,1-8H3,(H,43,50)(H,44,52)(H,45,51)/t28-/m0/s1. The molecule has 19 heteroatoms. The van der Waals surface area contributed by atoms with Crippen molar-refractivity contribution in [2.75, 3.05) is 13.1 Å². The van der Waals surface area contributed by atoms with Crippen molar-refractivity contribution in [1.82, 2.24) is 21.0 Å². The van der Waals surface area contributed by atoms with Gasteiger partial charge < -0.3 is 39.4 Å². The molecule has 3 fully saturated rings. The van der Waals surface area contributed by atoms with Gasteiger partial charge in [-0.2, -0.15) is 0 Å². The third kappa shape index (κ3) is 9.71. The van der Waals surface area contributed by atoms with E-state index in [1.54, 1.807) is 0 Å². The van der Waals surface area contributed by atoms with Gasteiger partial charge in [0.2, 0.25) is 5.91 Å². The number of hydroxylamine groups is 2. The summed E-state index contributed by atoms with van der Waals surface area (Å²) in [5, 5.41) is 7.92. The highest BCUT2D eigenvalue weighted by Gasteiger charge is 2.53. The molecular formula is C38H48B2F2N4O11. The zero-order chi connectivity index (χ0) is 42.1. The topological polar surface area (TPSA) is 188 Å². The van der Waals surface area contributed by atoms with E-state index in [9.17, 15) is 28.8 Å². The van der Waals surface area contributed by atoms with Crippen LogP contribution in [-0.2, 0) is 42.6 Å². The van der Waals surface area contributed by atoms with Crippen LogP contribution >= 0.6 is 0 Å². The van der Waals surface area contributed by atoms with E-state index in [0.717, 1.165) is 12.1 Å². The number of carbonyl (C=O) groups excluding carboxylic acids is 6. The monoisotopic (exact) mass is 796 g/mol. The van der Waals surface area contributed by atoms with E-state index in [-0.39, 0.29) is 54.3 Å². The van der Waals surface area contributed by atoms with Gasteiger partial charge in [-0.15, -0.1) is 5.06 Å². The Morgan fingerprint density at radius 2 is 1.18 bits per heavy atom. The van der Waals surface area contributed by atoms with E-state index in [4.69, 9.17) is 23.5 Å². The number of imide groups is 1. The highest BCUT2D eigenvalue weighted by molar-refractivity contribution is 6.62. The van der Waals surface area contributed by atoms with Gasteiger partial charge in [0.15, 0.2) is 0 Å². The van der Waals surface area contributed by atoms with Crippen LogP contribution in [0.15, 0.2) is 36.4 Å². The largest absolute Gasteiger partial charge is 0.497 e. The van der Waals surface area contributed by atoms with Crippen molar-refractivity contribution in [3.63, 3.8) is 0 Å². The molecule has 15 nitrogen and oxygen atoms in total. The van der Waals surface area contributed by atoms with Gasteiger partial charge >= 0.3 is 20.2 Å². The summed E-state index contributed by atoms with van der Waals surface area (Å²) in [4.78, 5) is 80.2. The van der Waals surface area contributed by atoms with Crippen LogP contribution < -0.4 is 26.9 Å². The molecule has 0 aliphatic carbocycles. The first-order valence-corrected chi connectivity index (χ1v) is 18.8. The predicted molar refractivity (Wildman–Crippen MR) is 202 cm³/mol. The van der Waals surface area contributed by atoms with Gasteiger partial charge in [-0.25, -0.2) is 13.6 Å². The smallest absolute Gasteiger partial charge is 0.399 e. The third-order valence-electron chi connectivity index (χ3n) is 11.0. The van der Waals surface area contributed by atoms with Crippen molar-refractivity contribution in [3.8, 4) is 0 Å². The third-order valence-corrected chi connectivity index (χ3v) is 11.0. The average Bonchev–Trinajstić information content (AvgIpc) is 3.64. The van der Waals surface area contributed by atoms with E-state index in [0.29, 0.717) is 11.5 Å². The molecule has 2 aromatic rings. The van der Waals surface area contributed by atoms with Crippen molar-refractivity contribution in [2.45, 2.75) is 116 Å². The van der Waals surface area contributed by atoms with Gasteiger partial charge in [0.1, 0.15) is 24.2 Å². The molecular weight excluding hydrogens is 748 g/mol. The van der Waals surface area contributed by atoms with E-state index in [2.05, 4.69) is 16.0 Å².